The van der Waals surface area contributed by atoms with Gasteiger partial charge in [-0.1, -0.05) is 56.7 Å². The van der Waals surface area contributed by atoms with Crippen LogP contribution in [-0.4, -0.2) is 33.8 Å². The molecule has 5 heteroatoms. The van der Waals surface area contributed by atoms with Gasteiger partial charge in [-0.05, 0) is 50.7 Å². The van der Waals surface area contributed by atoms with Crippen LogP contribution >= 0.6 is 11.8 Å². The summed E-state index contributed by atoms with van der Waals surface area (Å²) in [5, 5.41) is 11.1. The molecule has 4 nitrogen and oxygen atoms in total. The van der Waals surface area contributed by atoms with E-state index in [0.717, 1.165) is 17.7 Å². The van der Waals surface area contributed by atoms with E-state index in [4.69, 9.17) is 9.47 Å². The van der Waals surface area contributed by atoms with E-state index in [1.165, 1.54) is 12.8 Å². The summed E-state index contributed by atoms with van der Waals surface area (Å²) in [6, 6.07) is 10.2. The first-order valence-electron chi connectivity index (χ1n) is 10.6. The first-order valence-corrected chi connectivity index (χ1v) is 11.4. The van der Waals surface area contributed by atoms with Crippen LogP contribution in [0.15, 0.2) is 35.2 Å². The molecular formula is C23H32O4S. The highest BCUT2D eigenvalue weighted by Gasteiger charge is 2.73. The Morgan fingerprint density at radius 2 is 2.00 bits per heavy atom. The third-order valence-corrected chi connectivity index (χ3v) is 8.54. The smallest absolute Gasteiger partial charge is 0.309 e. The number of ether oxygens (including phenoxy) is 2. The molecule has 0 bridgehead atoms. The fraction of sp³-hybridized carbons (Fsp3) is 0.696. The lowest BCUT2D eigenvalue weighted by molar-refractivity contribution is -0.293. The van der Waals surface area contributed by atoms with Crippen LogP contribution in [0.1, 0.15) is 53.4 Å². The van der Waals surface area contributed by atoms with Crippen molar-refractivity contribution in [2.75, 3.05) is 0 Å². The van der Waals surface area contributed by atoms with Crippen LogP contribution in [0, 0.1) is 23.7 Å². The number of hydrogen-bond acceptors (Lipinski definition) is 5. The third kappa shape index (κ3) is 3.29. The summed E-state index contributed by atoms with van der Waals surface area (Å²) in [5.74, 6) is 0.590. The maximum Gasteiger partial charge on any atom is 0.309 e. The van der Waals surface area contributed by atoms with Crippen molar-refractivity contribution in [3.05, 3.63) is 30.3 Å². The molecule has 3 aliphatic rings. The van der Waals surface area contributed by atoms with Crippen molar-refractivity contribution in [2.45, 2.75) is 81.0 Å². The van der Waals surface area contributed by atoms with Gasteiger partial charge in [-0.3, -0.25) is 4.79 Å². The molecule has 1 heterocycles. The van der Waals surface area contributed by atoms with Crippen molar-refractivity contribution in [2.24, 2.45) is 23.7 Å². The number of esters is 1. The average Bonchev–Trinajstić information content (AvgIpc) is 3.22. The number of benzene rings is 1. The Hall–Kier alpha value is -1.04. The van der Waals surface area contributed by atoms with Gasteiger partial charge in [0.15, 0.2) is 6.10 Å². The predicted octanol–water partition coefficient (Wildman–Crippen LogP) is 4.65. The van der Waals surface area contributed by atoms with Crippen molar-refractivity contribution in [3.8, 4) is 0 Å². The molecular weight excluding hydrogens is 372 g/mol. The lowest BCUT2D eigenvalue weighted by Gasteiger charge is -2.58. The normalized spacial score (nSPS) is 43.2. The maximum absolute atomic E-state index is 12.9. The Morgan fingerprint density at radius 3 is 2.64 bits per heavy atom. The second kappa shape index (κ2) is 7.33. The summed E-state index contributed by atoms with van der Waals surface area (Å²) in [5.41, 5.74) is -1.70. The van der Waals surface area contributed by atoms with Gasteiger partial charge in [0.05, 0.1) is 5.92 Å². The molecule has 1 aromatic carbocycles. The second-order valence-electron chi connectivity index (χ2n) is 9.35. The molecule has 28 heavy (non-hydrogen) atoms. The minimum absolute atomic E-state index is 0.0280. The number of rotatable bonds is 5. The Balaban J connectivity index is 1.43. The fourth-order valence-corrected chi connectivity index (χ4v) is 7.01. The molecule has 1 aromatic rings. The maximum atomic E-state index is 12.9. The quantitative estimate of drug-likeness (QED) is 0.724. The molecule has 154 valence electrons. The minimum Gasteiger partial charge on any atom is -0.456 e. The highest BCUT2D eigenvalue weighted by molar-refractivity contribution is 7.99. The van der Waals surface area contributed by atoms with E-state index in [1.54, 1.807) is 18.7 Å². The van der Waals surface area contributed by atoms with Crippen molar-refractivity contribution in [3.63, 3.8) is 0 Å². The lowest BCUT2D eigenvalue weighted by Crippen LogP contribution is -2.74. The Bertz CT molecular complexity index is 721. The van der Waals surface area contributed by atoms with E-state index in [9.17, 15) is 9.90 Å². The van der Waals surface area contributed by atoms with Gasteiger partial charge in [0.25, 0.3) is 0 Å². The van der Waals surface area contributed by atoms with E-state index in [2.05, 4.69) is 19.1 Å². The molecule has 1 saturated heterocycles. The predicted molar refractivity (Wildman–Crippen MR) is 110 cm³/mol. The van der Waals surface area contributed by atoms with E-state index in [-0.39, 0.29) is 23.2 Å². The zero-order valence-corrected chi connectivity index (χ0v) is 18.1. The van der Waals surface area contributed by atoms with Crippen LogP contribution in [0.25, 0.3) is 0 Å². The first kappa shape index (κ1) is 20.2. The molecule has 1 aliphatic heterocycles. The van der Waals surface area contributed by atoms with Gasteiger partial charge in [0.1, 0.15) is 16.6 Å². The van der Waals surface area contributed by atoms with Crippen LogP contribution in [0.5, 0.6) is 0 Å². The van der Waals surface area contributed by atoms with Crippen molar-refractivity contribution in [1.82, 2.24) is 0 Å². The van der Waals surface area contributed by atoms with Gasteiger partial charge in [-0.15, -0.1) is 0 Å². The number of thioether (sulfide) groups is 1. The topological polar surface area (TPSA) is 55.8 Å². The summed E-state index contributed by atoms with van der Waals surface area (Å²) in [7, 11) is 0. The summed E-state index contributed by atoms with van der Waals surface area (Å²) in [4.78, 5) is 14.0. The second-order valence-corrected chi connectivity index (χ2v) is 10.6. The van der Waals surface area contributed by atoms with Gasteiger partial charge in [-0.2, -0.15) is 0 Å². The first-order chi connectivity index (χ1) is 13.2. The van der Waals surface area contributed by atoms with Crippen LogP contribution in [0.3, 0.4) is 0 Å². The van der Waals surface area contributed by atoms with E-state index in [0.29, 0.717) is 11.8 Å². The highest BCUT2D eigenvalue weighted by atomic mass is 32.2. The molecule has 0 radical (unpaired) electrons. The van der Waals surface area contributed by atoms with Gasteiger partial charge < -0.3 is 14.6 Å². The number of hydrogen-bond donors (Lipinski definition) is 1. The largest absolute Gasteiger partial charge is 0.456 e. The summed E-state index contributed by atoms with van der Waals surface area (Å²) < 4.78 is 12.3. The third-order valence-electron chi connectivity index (χ3n) is 7.45. The van der Waals surface area contributed by atoms with Crippen molar-refractivity contribution >= 4 is 17.7 Å². The standard InChI is InChI=1S/C23H32O4S/c1-14-9-8-12-17(14)15(2)20(24)26-21-22(3,25)18-13-19(27-23(18,21)4)28-16-10-6-5-7-11-16/h5-7,10-11,14-15,17-19,21,25H,8-9,12-13H2,1-4H3. The highest BCUT2D eigenvalue weighted by Crippen LogP contribution is 2.60. The molecule has 8 unspecified atom stereocenters. The van der Waals surface area contributed by atoms with Crippen LogP contribution in [0.4, 0.5) is 0 Å². The molecule has 1 N–H and O–H groups in total. The minimum atomic E-state index is -1.04. The number of fused-ring (bicyclic) bond motifs is 1. The molecule has 0 amide bonds. The molecule has 2 saturated carbocycles. The lowest BCUT2D eigenvalue weighted by atomic mass is 9.57. The van der Waals surface area contributed by atoms with Gasteiger partial charge in [-0.25, -0.2) is 0 Å². The molecule has 0 aromatic heterocycles. The van der Waals surface area contributed by atoms with Crippen LogP contribution < -0.4 is 0 Å². The van der Waals surface area contributed by atoms with E-state index < -0.39 is 17.3 Å². The van der Waals surface area contributed by atoms with Crippen molar-refractivity contribution < 1.29 is 19.4 Å². The molecule has 8 atom stereocenters. The van der Waals surface area contributed by atoms with Crippen LogP contribution in [0.2, 0.25) is 0 Å². The molecule has 0 spiro atoms. The Labute approximate surface area is 172 Å². The Morgan fingerprint density at radius 1 is 1.29 bits per heavy atom. The van der Waals surface area contributed by atoms with Gasteiger partial charge in [0, 0.05) is 10.8 Å². The molecule has 3 fully saturated rings. The zero-order valence-electron chi connectivity index (χ0n) is 17.3. The number of aliphatic hydroxyl groups is 1. The monoisotopic (exact) mass is 404 g/mol. The van der Waals surface area contributed by atoms with E-state index >= 15 is 0 Å². The Kier molecular flexibility index (Phi) is 5.30. The summed E-state index contributed by atoms with van der Waals surface area (Å²) in [6.07, 6.45) is 3.60. The summed E-state index contributed by atoms with van der Waals surface area (Å²) in [6.45, 7) is 7.98. The van der Waals surface area contributed by atoms with Crippen LogP contribution in [-0.2, 0) is 14.3 Å². The number of carbonyl (C=O) groups is 1. The SMILES string of the molecule is CC1CCCC1C(C)C(=O)OC1C(C)(O)C2CC(Sc3ccccc3)OC21C. The van der Waals surface area contributed by atoms with Gasteiger partial charge >= 0.3 is 5.97 Å². The fourth-order valence-electron chi connectivity index (χ4n) is 5.84. The van der Waals surface area contributed by atoms with Gasteiger partial charge in [0.2, 0.25) is 0 Å². The average molecular weight is 405 g/mol. The van der Waals surface area contributed by atoms with Crippen molar-refractivity contribution in [1.29, 1.82) is 0 Å². The molecule has 4 rings (SSSR count). The summed E-state index contributed by atoms with van der Waals surface area (Å²) >= 11 is 1.67. The van der Waals surface area contributed by atoms with E-state index in [1.807, 2.05) is 32.0 Å². The molecule has 2 aliphatic carbocycles. The number of carbonyl (C=O) groups excluding carboxylic acids is 1. The zero-order chi connectivity index (χ0) is 20.1.